The summed E-state index contributed by atoms with van der Waals surface area (Å²) in [5.74, 6) is 1.36. The standard InChI is InChI=1S/C19H24ClNO2/c1-4-14(2)21-12-16-10-18(22-3)19(11-17(16)20)23-13-15-8-6-5-7-9-15/h5-11,14,21H,4,12-13H2,1-3H3. The number of methoxy groups -OCH3 is 1. The van der Waals surface area contributed by atoms with E-state index in [-0.39, 0.29) is 0 Å². The third-order valence-corrected chi connectivity index (χ3v) is 4.18. The van der Waals surface area contributed by atoms with Gasteiger partial charge in [0.1, 0.15) is 6.61 Å². The van der Waals surface area contributed by atoms with Crippen molar-refractivity contribution in [1.29, 1.82) is 0 Å². The van der Waals surface area contributed by atoms with Crippen LogP contribution in [-0.4, -0.2) is 13.2 Å². The fourth-order valence-corrected chi connectivity index (χ4v) is 2.37. The molecule has 124 valence electrons. The number of rotatable bonds is 8. The lowest BCUT2D eigenvalue weighted by Crippen LogP contribution is -2.24. The van der Waals surface area contributed by atoms with Gasteiger partial charge in [0.15, 0.2) is 11.5 Å². The summed E-state index contributed by atoms with van der Waals surface area (Å²) in [4.78, 5) is 0. The second-order valence-corrected chi connectivity index (χ2v) is 5.97. The van der Waals surface area contributed by atoms with Crippen molar-refractivity contribution >= 4 is 11.6 Å². The molecule has 0 saturated carbocycles. The van der Waals surface area contributed by atoms with Crippen LogP contribution in [0.15, 0.2) is 42.5 Å². The Morgan fingerprint density at radius 3 is 2.52 bits per heavy atom. The molecule has 1 unspecified atom stereocenters. The van der Waals surface area contributed by atoms with Crippen LogP contribution in [0.1, 0.15) is 31.4 Å². The van der Waals surface area contributed by atoms with Crippen LogP contribution < -0.4 is 14.8 Å². The number of nitrogens with one attached hydrogen (secondary N) is 1. The van der Waals surface area contributed by atoms with Crippen LogP contribution in [0.3, 0.4) is 0 Å². The number of ether oxygens (including phenoxy) is 2. The Labute approximate surface area is 143 Å². The predicted molar refractivity (Wildman–Crippen MR) is 95.4 cm³/mol. The van der Waals surface area contributed by atoms with Gasteiger partial charge in [0.2, 0.25) is 0 Å². The van der Waals surface area contributed by atoms with E-state index in [4.69, 9.17) is 21.1 Å². The van der Waals surface area contributed by atoms with Crippen molar-refractivity contribution in [2.75, 3.05) is 7.11 Å². The summed E-state index contributed by atoms with van der Waals surface area (Å²) in [6.07, 6.45) is 1.08. The average molecular weight is 334 g/mol. The molecule has 2 rings (SSSR count). The fraction of sp³-hybridized carbons (Fsp3) is 0.368. The second-order valence-electron chi connectivity index (χ2n) is 5.56. The molecule has 0 saturated heterocycles. The monoisotopic (exact) mass is 333 g/mol. The molecular weight excluding hydrogens is 310 g/mol. The van der Waals surface area contributed by atoms with Gasteiger partial charge in [0, 0.05) is 23.7 Å². The van der Waals surface area contributed by atoms with Gasteiger partial charge in [-0.1, -0.05) is 48.9 Å². The fourth-order valence-electron chi connectivity index (χ4n) is 2.15. The summed E-state index contributed by atoms with van der Waals surface area (Å²) >= 11 is 6.39. The molecule has 0 bridgehead atoms. The molecule has 3 nitrogen and oxygen atoms in total. The van der Waals surface area contributed by atoms with E-state index in [1.807, 2.05) is 42.5 Å². The Hall–Kier alpha value is -1.71. The van der Waals surface area contributed by atoms with E-state index in [1.54, 1.807) is 7.11 Å². The van der Waals surface area contributed by atoms with E-state index < -0.39 is 0 Å². The van der Waals surface area contributed by atoms with Crippen LogP contribution >= 0.6 is 11.6 Å². The van der Waals surface area contributed by atoms with Gasteiger partial charge in [-0.2, -0.15) is 0 Å². The Balaban J connectivity index is 2.09. The van der Waals surface area contributed by atoms with Gasteiger partial charge >= 0.3 is 0 Å². The second kappa shape index (κ2) is 8.80. The van der Waals surface area contributed by atoms with Crippen molar-refractivity contribution in [3.05, 3.63) is 58.6 Å². The first-order chi connectivity index (χ1) is 11.1. The largest absolute Gasteiger partial charge is 0.493 e. The number of benzene rings is 2. The molecule has 0 aliphatic carbocycles. The van der Waals surface area contributed by atoms with E-state index in [1.165, 1.54) is 0 Å². The van der Waals surface area contributed by atoms with Gasteiger partial charge in [-0.25, -0.2) is 0 Å². The van der Waals surface area contributed by atoms with Crippen LogP contribution in [0.5, 0.6) is 11.5 Å². The van der Waals surface area contributed by atoms with Gasteiger partial charge in [0.05, 0.1) is 7.11 Å². The van der Waals surface area contributed by atoms with Gasteiger partial charge in [-0.3, -0.25) is 0 Å². The molecule has 23 heavy (non-hydrogen) atoms. The Morgan fingerprint density at radius 2 is 1.87 bits per heavy atom. The molecule has 4 heteroatoms. The van der Waals surface area contributed by atoms with Crippen molar-refractivity contribution in [3.63, 3.8) is 0 Å². The van der Waals surface area contributed by atoms with Crippen LogP contribution in [0.2, 0.25) is 5.02 Å². The summed E-state index contributed by atoms with van der Waals surface area (Å²) in [5.41, 5.74) is 2.11. The summed E-state index contributed by atoms with van der Waals surface area (Å²) in [6, 6.07) is 14.2. The quantitative estimate of drug-likeness (QED) is 0.751. The molecule has 2 aromatic rings. The van der Waals surface area contributed by atoms with E-state index >= 15 is 0 Å². The molecule has 0 aliphatic rings. The first-order valence-electron chi connectivity index (χ1n) is 7.90. The predicted octanol–water partition coefficient (Wildman–Crippen LogP) is 4.82. The van der Waals surface area contributed by atoms with Gasteiger partial charge in [-0.15, -0.1) is 0 Å². The lowest BCUT2D eigenvalue weighted by molar-refractivity contribution is 0.284. The topological polar surface area (TPSA) is 30.5 Å². The molecule has 0 amide bonds. The Kier molecular flexibility index (Phi) is 6.75. The Morgan fingerprint density at radius 1 is 1.13 bits per heavy atom. The van der Waals surface area contributed by atoms with Gasteiger partial charge in [-0.05, 0) is 30.5 Å². The van der Waals surface area contributed by atoms with Gasteiger partial charge < -0.3 is 14.8 Å². The highest BCUT2D eigenvalue weighted by Gasteiger charge is 2.11. The number of halogens is 1. The molecular formula is C19H24ClNO2. The highest BCUT2D eigenvalue weighted by molar-refractivity contribution is 6.31. The Bertz CT molecular complexity index is 616. The van der Waals surface area contributed by atoms with E-state index in [9.17, 15) is 0 Å². The lowest BCUT2D eigenvalue weighted by Gasteiger charge is -2.16. The molecule has 0 radical (unpaired) electrons. The first-order valence-corrected chi connectivity index (χ1v) is 8.28. The zero-order valence-electron chi connectivity index (χ0n) is 13.9. The average Bonchev–Trinajstić information content (AvgIpc) is 2.59. The molecule has 1 atom stereocenters. The molecule has 0 aromatic heterocycles. The van der Waals surface area contributed by atoms with E-state index in [2.05, 4.69) is 19.2 Å². The number of hydrogen-bond donors (Lipinski definition) is 1. The maximum atomic E-state index is 6.39. The molecule has 0 heterocycles. The summed E-state index contributed by atoms with van der Waals surface area (Å²) in [7, 11) is 1.64. The molecule has 2 aromatic carbocycles. The smallest absolute Gasteiger partial charge is 0.163 e. The normalized spacial score (nSPS) is 12.0. The number of hydrogen-bond acceptors (Lipinski definition) is 3. The first kappa shape index (κ1) is 17.6. The lowest BCUT2D eigenvalue weighted by atomic mass is 10.1. The zero-order chi connectivity index (χ0) is 16.7. The zero-order valence-corrected chi connectivity index (χ0v) is 14.7. The molecule has 0 aliphatic heterocycles. The summed E-state index contributed by atoms with van der Waals surface area (Å²) in [6.45, 7) is 5.50. The minimum Gasteiger partial charge on any atom is -0.493 e. The van der Waals surface area contributed by atoms with Crippen LogP contribution in [0.4, 0.5) is 0 Å². The summed E-state index contributed by atoms with van der Waals surface area (Å²) < 4.78 is 11.3. The van der Waals surface area contributed by atoms with Crippen molar-refractivity contribution in [1.82, 2.24) is 5.32 Å². The van der Waals surface area contributed by atoms with E-state index in [0.717, 1.165) is 17.5 Å². The minimum absolute atomic E-state index is 0.450. The van der Waals surface area contributed by atoms with Crippen molar-refractivity contribution in [3.8, 4) is 11.5 Å². The maximum Gasteiger partial charge on any atom is 0.163 e. The van der Waals surface area contributed by atoms with Crippen LogP contribution in [-0.2, 0) is 13.2 Å². The maximum absolute atomic E-state index is 6.39. The van der Waals surface area contributed by atoms with E-state index in [0.29, 0.717) is 35.7 Å². The van der Waals surface area contributed by atoms with Crippen LogP contribution in [0, 0.1) is 0 Å². The van der Waals surface area contributed by atoms with Crippen molar-refractivity contribution < 1.29 is 9.47 Å². The summed E-state index contributed by atoms with van der Waals surface area (Å²) in [5, 5.41) is 4.12. The highest BCUT2D eigenvalue weighted by Crippen LogP contribution is 2.34. The van der Waals surface area contributed by atoms with Crippen molar-refractivity contribution in [2.24, 2.45) is 0 Å². The van der Waals surface area contributed by atoms with Gasteiger partial charge in [0.25, 0.3) is 0 Å². The van der Waals surface area contributed by atoms with Crippen LogP contribution in [0.25, 0.3) is 0 Å². The SMILES string of the molecule is CCC(C)NCc1cc(OC)c(OCc2ccccc2)cc1Cl. The molecule has 0 spiro atoms. The molecule has 0 fully saturated rings. The molecule has 1 N–H and O–H groups in total. The third-order valence-electron chi connectivity index (χ3n) is 3.82. The van der Waals surface area contributed by atoms with Crippen molar-refractivity contribution in [2.45, 2.75) is 39.5 Å². The highest BCUT2D eigenvalue weighted by atomic mass is 35.5. The minimum atomic E-state index is 0.450. The third kappa shape index (κ3) is 5.15.